The molecule has 2 rings (SSSR count). The summed E-state index contributed by atoms with van der Waals surface area (Å²) in [5.74, 6) is 1.06. The molecule has 0 spiro atoms. The van der Waals surface area contributed by atoms with Gasteiger partial charge in [-0.2, -0.15) is 0 Å². The van der Waals surface area contributed by atoms with Crippen LogP contribution in [0.5, 0.6) is 0 Å². The van der Waals surface area contributed by atoms with E-state index in [9.17, 15) is 4.79 Å². The number of piperazine rings is 1. The van der Waals surface area contributed by atoms with Gasteiger partial charge in [0.15, 0.2) is 0 Å². The van der Waals surface area contributed by atoms with Gasteiger partial charge in [-0.05, 0) is 18.6 Å². The van der Waals surface area contributed by atoms with Gasteiger partial charge >= 0.3 is 0 Å². The minimum atomic E-state index is -0.341. The molecule has 0 radical (unpaired) electrons. The minimum absolute atomic E-state index is 0.0857. The smallest absolute Gasteiger partial charge is 0.239 e. The molecule has 1 fully saturated rings. The predicted octanol–water partition coefficient (Wildman–Crippen LogP) is 0.858. The van der Waals surface area contributed by atoms with E-state index in [1.807, 2.05) is 30.0 Å². The Balaban J connectivity index is 1.87. The second-order valence-corrected chi connectivity index (χ2v) is 4.90. The Morgan fingerprint density at radius 2 is 2.11 bits per heavy atom. The van der Waals surface area contributed by atoms with Crippen LogP contribution in [0.1, 0.15) is 19.8 Å². The Morgan fingerprint density at radius 1 is 1.37 bits per heavy atom. The monoisotopic (exact) mass is 262 g/mol. The summed E-state index contributed by atoms with van der Waals surface area (Å²) >= 11 is 0. The summed E-state index contributed by atoms with van der Waals surface area (Å²) in [6, 6.07) is 5.55. The third kappa shape index (κ3) is 3.44. The number of anilines is 1. The van der Waals surface area contributed by atoms with Crippen LogP contribution in [0.15, 0.2) is 24.4 Å². The zero-order chi connectivity index (χ0) is 13.7. The molecule has 1 saturated heterocycles. The van der Waals surface area contributed by atoms with E-state index in [0.29, 0.717) is 0 Å². The first-order valence-electron chi connectivity index (χ1n) is 6.92. The lowest BCUT2D eigenvalue weighted by atomic mass is 10.1. The van der Waals surface area contributed by atoms with Crippen molar-refractivity contribution in [3.63, 3.8) is 0 Å². The van der Waals surface area contributed by atoms with Gasteiger partial charge in [0.25, 0.3) is 0 Å². The molecule has 5 heteroatoms. The molecule has 5 nitrogen and oxygen atoms in total. The Morgan fingerprint density at radius 3 is 2.68 bits per heavy atom. The van der Waals surface area contributed by atoms with Crippen LogP contribution in [0, 0.1) is 0 Å². The van der Waals surface area contributed by atoms with Crippen LogP contribution in [-0.2, 0) is 4.79 Å². The van der Waals surface area contributed by atoms with Crippen molar-refractivity contribution in [3.05, 3.63) is 24.4 Å². The maximum Gasteiger partial charge on any atom is 0.239 e. The van der Waals surface area contributed by atoms with Gasteiger partial charge in [-0.25, -0.2) is 4.98 Å². The maximum atomic E-state index is 12.1. The van der Waals surface area contributed by atoms with Gasteiger partial charge in [0, 0.05) is 32.4 Å². The number of carbonyl (C=O) groups is 1. The summed E-state index contributed by atoms with van der Waals surface area (Å²) in [4.78, 5) is 20.5. The third-order valence-electron chi connectivity index (χ3n) is 3.48. The minimum Gasteiger partial charge on any atom is -0.353 e. The van der Waals surface area contributed by atoms with Crippen LogP contribution in [-0.4, -0.2) is 48.0 Å². The predicted molar refractivity (Wildman–Crippen MR) is 75.9 cm³/mol. The second-order valence-electron chi connectivity index (χ2n) is 4.90. The van der Waals surface area contributed by atoms with Crippen LogP contribution in [0.3, 0.4) is 0 Å². The summed E-state index contributed by atoms with van der Waals surface area (Å²) in [7, 11) is 0. The van der Waals surface area contributed by atoms with Crippen molar-refractivity contribution >= 4 is 11.7 Å². The summed E-state index contributed by atoms with van der Waals surface area (Å²) in [5, 5.41) is 0. The van der Waals surface area contributed by atoms with E-state index in [1.54, 1.807) is 6.20 Å². The lowest BCUT2D eigenvalue weighted by molar-refractivity contribution is -0.133. The Kier molecular flexibility index (Phi) is 4.74. The molecule has 1 aromatic rings. The molecule has 1 atom stereocenters. The first-order valence-corrected chi connectivity index (χ1v) is 6.92. The molecule has 1 aromatic heterocycles. The summed E-state index contributed by atoms with van der Waals surface area (Å²) in [5.41, 5.74) is 5.89. The molecule has 19 heavy (non-hydrogen) atoms. The molecular formula is C14H22N4O. The van der Waals surface area contributed by atoms with Crippen LogP contribution in [0.25, 0.3) is 0 Å². The molecule has 2 N–H and O–H groups in total. The van der Waals surface area contributed by atoms with Gasteiger partial charge in [-0.3, -0.25) is 4.79 Å². The second kappa shape index (κ2) is 6.52. The molecule has 104 valence electrons. The highest BCUT2D eigenvalue weighted by Crippen LogP contribution is 2.13. The Hall–Kier alpha value is -1.62. The van der Waals surface area contributed by atoms with Gasteiger partial charge in [0.2, 0.25) is 5.91 Å². The number of nitrogens with two attached hydrogens (primary N) is 1. The Bertz CT molecular complexity index is 401. The molecule has 0 aromatic carbocycles. The number of amides is 1. The molecule has 1 amide bonds. The van der Waals surface area contributed by atoms with Gasteiger partial charge < -0.3 is 15.5 Å². The van der Waals surface area contributed by atoms with E-state index in [2.05, 4.69) is 9.88 Å². The zero-order valence-corrected chi connectivity index (χ0v) is 11.5. The van der Waals surface area contributed by atoms with Crippen LogP contribution < -0.4 is 10.6 Å². The van der Waals surface area contributed by atoms with Gasteiger partial charge in [0.05, 0.1) is 6.04 Å². The highest BCUT2D eigenvalue weighted by Gasteiger charge is 2.25. The fourth-order valence-electron chi connectivity index (χ4n) is 2.37. The van der Waals surface area contributed by atoms with Crippen molar-refractivity contribution in [2.75, 3.05) is 31.1 Å². The summed E-state index contributed by atoms with van der Waals surface area (Å²) in [6.45, 7) is 5.15. The topological polar surface area (TPSA) is 62.5 Å². The summed E-state index contributed by atoms with van der Waals surface area (Å²) in [6.07, 6.45) is 3.50. The molecule has 1 aliphatic heterocycles. The number of hydrogen-bond donors (Lipinski definition) is 1. The highest BCUT2D eigenvalue weighted by atomic mass is 16.2. The largest absolute Gasteiger partial charge is 0.353 e. The van der Waals surface area contributed by atoms with Gasteiger partial charge in [-0.1, -0.05) is 19.4 Å². The van der Waals surface area contributed by atoms with E-state index in [4.69, 9.17) is 5.73 Å². The number of nitrogens with zero attached hydrogens (tertiary/aromatic N) is 3. The normalized spacial score (nSPS) is 17.4. The van der Waals surface area contributed by atoms with E-state index < -0.39 is 0 Å². The molecule has 1 unspecified atom stereocenters. The molecule has 0 saturated carbocycles. The number of pyridine rings is 1. The zero-order valence-electron chi connectivity index (χ0n) is 11.5. The standard InChI is InChI=1S/C14H22N4O/c1-2-5-12(15)14(19)18-10-8-17(9-11-18)13-6-3-4-7-16-13/h3-4,6-7,12H,2,5,8-11,15H2,1H3. The van der Waals surface area contributed by atoms with Crippen molar-refractivity contribution in [2.45, 2.75) is 25.8 Å². The number of carbonyl (C=O) groups excluding carboxylic acids is 1. The Labute approximate surface area is 114 Å². The van der Waals surface area contributed by atoms with Crippen LogP contribution in [0.4, 0.5) is 5.82 Å². The van der Waals surface area contributed by atoms with E-state index in [1.165, 1.54) is 0 Å². The lowest BCUT2D eigenvalue weighted by Crippen LogP contribution is -2.53. The van der Waals surface area contributed by atoms with E-state index in [-0.39, 0.29) is 11.9 Å². The molecule has 1 aliphatic rings. The average molecular weight is 262 g/mol. The fraction of sp³-hybridized carbons (Fsp3) is 0.571. The van der Waals surface area contributed by atoms with Crippen LogP contribution in [0.2, 0.25) is 0 Å². The average Bonchev–Trinajstić information content (AvgIpc) is 2.48. The third-order valence-corrected chi connectivity index (χ3v) is 3.48. The molecule has 0 bridgehead atoms. The number of rotatable bonds is 4. The number of hydrogen-bond acceptors (Lipinski definition) is 4. The molecule has 2 heterocycles. The number of aromatic nitrogens is 1. The molecule has 0 aliphatic carbocycles. The lowest BCUT2D eigenvalue weighted by Gasteiger charge is -2.36. The van der Waals surface area contributed by atoms with E-state index >= 15 is 0 Å². The van der Waals surface area contributed by atoms with Crippen molar-refractivity contribution in [2.24, 2.45) is 5.73 Å². The highest BCUT2D eigenvalue weighted by molar-refractivity contribution is 5.81. The SMILES string of the molecule is CCCC(N)C(=O)N1CCN(c2ccccn2)CC1. The fourth-order valence-corrected chi connectivity index (χ4v) is 2.37. The van der Waals surface area contributed by atoms with Crippen molar-refractivity contribution in [1.29, 1.82) is 0 Å². The van der Waals surface area contributed by atoms with Gasteiger partial charge in [0.1, 0.15) is 5.82 Å². The van der Waals surface area contributed by atoms with Crippen molar-refractivity contribution < 1.29 is 4.79 Å². The van der Waals surface area contributed by atoms with Gasteiger partial charge in [-0.15, -0.1) is 0 Å². The molecular weight excluding hydrogens is 240 g/mol. The maximum absolute atomic E-state index is 12.1. The van der Waals surface area contributed by atoms with Crippen LogP contribution >= 0.6 is 0 Å². The first-order chi connectivity index (χ1) is 9.22. The van der Waals surface area contributed by atoms with Crippen molar-refractivity contribution in [1.82, 2.24) is 9.88 Å². The summed E-state index contributed by atoms with van der Waals surface area (Å²) < 4.78 is 0. The quantitative estimate of drug-likeness (QED) is 0.874. The van der Waals surface area contributed by atoms with Crippen molar-refractivity contribution in [3.8, 4) is 0 Å². The van der Waals surface area contributed by atoms with E-state index in [0.717, 1.165) is 44.8 Å². The first kappa shape index (κ1) is 13.8.